The van der Waals surface area contributed by atoms with Crippen LogP contribution in [0.25, 0.3) is 0 Å². The maximum Gasteiger partial charge on any atom is 0.00678 e. The molecular weight excluding hydrogens is 166 g/mol. The van der Waals surface area contributed by atoms with Gasteiger partial charge in [-0.3, -0.25) is 0 Å². The molecule has 0 aliphatic carbocycles. The molecule has 2 heteroatoms. The molecule has 0 aromatic rings. The third-order valence-corrected chi connectivity index (χ3v) is 3.50. The average Bonchev–Trinajstić information content (AvgIpc) is 2.49. The first-order valence-electron chi connectivity index (χ1n) is 5.14. The van der Waals surface area contributed by atoms with E-state index >= 15 is 0 Å². The number of hydrogen-bond acceptors (Lipinski definition) is 2. The van der Waals surface area contributed by atoms with Gasteiger partial charge in [0, 0.05) is 6.04 Å². The van der Waals surface area contributed by atoms with E-state index in [0.29, 0.717) is 0 Å². The van der Waals surface area contributed by atoms with Crippen molar-refractivity contribution in [3.8, 4) is 0 Å². The molecule has 0 amide bonds. The van der Waals surface area contributed by atoms with Crippen LogP contribution in [-0.4, -0.2) is 23.6 Å². The zero-order valence-electron chi connectivity index (χ0n) is 8.31. The second-order valence-corrected chi connectivity index (χ2v) is 5.54. The van der Waals surface area contributed by atoms with Gasteiger partial charge in [-0.15, -0.1) is 0 Å². The molecule has 0 spiro atoms. The number of rotatable bonds is 5. The Morgan fingerprint density at radius 3 is 2.92 bits per heavy atom. The summed E-state index contributed by atoms with van der Waals surface area (Å²) >= 11 is 2.09. The Bertz CT molecular complexity index is 108. The van der Waals surface area contributed by atoms with Crippen molar-refractivity contribution in [2.75, 3.05) is 12.3 Å². The molecule has 1 aliphatic rings. The number of nitrogens with one attached hydrogen (secondary N) is 1. The SMILES string of the molecule is CC(C)SCCCC1CCCN1. The highest BCUT2D eigenvalue weighted by Crippen LogP contribution is 2.15. The standard InChI is InChI=1S/C10H21NS/c1-9(2)12-8-4-6-10-5-3-7-11-10/h9-11H,3-8H2,1-2H3. The first kappa shape index (κ1) is 10.4. The van der Waals surface area contributed by atoms with E-state index in [4.69, 9.17) is 0 Å². The fourth-order valence-corrected chi connectivity index (χ4v) is 2.46. The van der Waals surface area contributed by atoms with Crippen LogP contribution in [0, 0.1) is 0 Å². The van der Waals surface area contributed by atoms with Gasteiger partial charge in [-0.25, -0.2) is 0 Å². The highest BCUT2D eigenvalue weighted by molar-refractivity contribution is 7.99. The lowest BCUT2D eigenvalue weighted by Gasteiger charge is -2.09. The smallest absolute Gasteiger partial charge is 0.00678 e. The second kappa shape index (κ2) is 5.87. The fourth-order valence-electron chi connectivity index (χ4n) is 1.65. The van der Waals surface area contributed by atoms with Crippen LogP contribution in [0.3, 0.4) is 0 Å². The first-order valence-corrected chi connectivity index (χ1v) is 6.19. The van der Waals surface area contributed by atoms with Crippen LogP contribution in [0.4, 0.5) is 0 Å². The van der Waals surface area contributed by atoms with Crippen LogP contribution in [0.1, 0.15) is 39.5 Å². The molecule has 1 N–H and O–H groups in total. The summed E-state index contributed by atoms with van der Waals surface area (Å²) in [6.07, 6.45) is 5.58. The van der Waals surface area contributed by atoms with Crippen LogP contribution in [0.15, 0.2) is 0 Å². The van der Waals surface area contributed by atoms with Crippen molar-refractivity contribution in [3.05, 3.63) is 0 Å². The molecule has 0 bridgehead atoms. The van der Waals surface area contributed by atoms with Crippen molar-refractivity contribution < 1.29 is 0 Å². The lowest BCUT2D eigenvalue weighted by atomic mass is 10.1. The van der Waals surface area contributed by atoms with E-state index < -0.39 is 0 Å². The third-order valence-electron chi connectivity index (χ3n) is 2.31. The Labute approximate surface area is 80.7 Å². The topological polar surface area (TPSA) is 12.0 Å². The van der Waals surface area contributed by atoms with Crippen LogP contribution in [0.2, 0.25) is 0 Å². The maximum absolute atomic E-state index is 3.54. The number of hydrogen-bond donors (Lipinski definition) is 1. The van der Waals surface area contributed by atoms with Gasteiger partial charge < -0.3 is 5.32 Å². The summed E-state index contributed by atoms with van der Waals surface area (Å²) in [5.41, 5.74) is 0. The van der Waals surface area contributed by atoms with Crippen LogP contribution < -0.4 is 5.32 Å². The Hall–Kier alpha value is 0.310. The Balaban J connectivity index is 1.88. The molecule has 0 aromatic heterocycles. The molecular formula is C10H21NS. The molecule has 12 heavy (non-hydrogen) atoms. The second-order valence-electron chi connectivity index (χ2n) is 3.86. The molecule has 72 valence electrons. The summed E-state index contributed by atoms with van der Waals surface area (Å²) in [6, 6.07) is 0.845. The minimum absolute atomic E-state index is 0.807. The average molecular weight is 187 g/mol. The van der Waals surface area contributed by atoms with Crippen molar-refractivity contribution in [1.82, 2.24) is 5.32 Å². The minimum atomic E-state index is 0.807. The van der Waals surface area contributed by atoms with Gasteiger partial charge in [-0.1, -0.05) is 13.8 Å². The van der Waals surface area contributed by atoms with E-state index in [1.165, 1.54) is 38.0 Å². The lowest BCUT2D eigenvalue weighted by Crippen LogP contribution is -2.21. The van der Waals surface area contributed by atoms with Crippen LogP contribution in [0.5, 0.6) is 0 Å². The zero-order valence-corrected chi connectivity index (χ0v) is 9.12. The first-order chi connectivity index (χ1) is 5.79. The van der Waals surface area contributed by atoms with Crippen molar-refractivity contribution in [1.29, 1.82) is 0 Å². The molecule has 0 aromatic carbocycles. The summed E-state index contributed by atoms with van der Waals surface area (Å²) in [4.78, 5) is 0. The third kappa shape index (κ3) is 4.36. The molecule has 1 saturated heterocycles. The molecule has 1 nitrogen and oxygen atoms in total. The largest absolute Gasteiger partial charge is 0.314 e. The highest BCUT2D eigenvalue weighted by Gasteiger charge is 2.12. The summed E-state index contributed by atoms with van der Waals surface area (Å²) in [5, 5.41) is 4.34. The van der Waals surface area contributed by atoms with Gasteiger partial charge in [0.05, 0.1) is 0 Å². The molecule has 1 aliphatic heterocycles. The van der Waals surface area contributed by atoms with Gasteiger partial charge >= 0.3 is 0 Å². The molecule has 1 fully saturated rings. The predicted molar refractivity (Wildman–Crippen MR) is 57.9 cm³/mol. The minimum Gasteiger partial charge on any atom is -0.314 e. The van der Waals surface area contributed by atoms with Gasteiger partial charge in [0.1, 0.15) is 0 Å². The van der Waals surface area contributed by atoms with Crippen molar-refractivity contribution >= 4 is 11.8 Å². The van der Waals surface area contributed by atoms with Gasteiger partial charge in [-0.05, 0) is 43.2 Å². The molecule has 1 rings (SSSR count). The zero-order chi connectivity index (χ0) is 8.81. The summed E-state index contributed by atoms with van der Waals surface area (Å²) in [7, 11) is 0. The van der Waals surface area contributed by atoms with E-state index in [0.717, 1.165) is 11.3 Å². The molecule has 1 atom stereocenters. The highest BCUT2D eigenvalue weighted by atomic mass is 32.2. The quantitative estimate of drug-likeness (QED) is 0.664. The summed E-state index contributed by atoms with van der Waals surface area (Å²) < 4.78 is 0. The molecule has 0 saturated carbocycles. The number of thioether (sulfide) groups is 1. The molecule has 1 heterocycles. The molecule has 0 radical (unpaired) electrons. The van der Waals surface area contributed by atoms with Gasteiger partial charge in [0.15, 0.2) is 0 Å². The van der Waals surface area contributed by atoms with E-state index in [1.54, 1.807) is 0 Å². The van der Waals surface area contributed by atoms with Crippen molar-refractivity contribution in [2.24, 2.45) is 0 Å². The summed E-state index contributed by atoms with van der Waals surface area (Å²) in [5.74, 6) is 1.34. The van der Waals surface area contributed by atoms with Crippen LogP contribution in [-0.2, 0) is 0 Å². The Morgan fingerprint density at radius 2 is 2.33 bits per heavy atom. The normalized spacial score (nSPS) is 23.8. The lowest BCUT2D eigenvalue weighted by molar-refractivity contribution is 0.553. The summed E-state index contributed by atoms with van der Waals surface area (Å²) in [6.45, 7) is 5.80. The Kier molecular flexibility index (Phi) is 5.08. The van der Waals surface area contributed by atoms with Crippen molar-refractivity contribution in [2.45, 2.75) is 50.8 Å². The maximum atomic E-state index is 3.54. The van der Waals surface area contributed by atoms with Gasteiger partial charge in [0.25, 0.3) is 0 Å². The van der Waals surface area contributed by atoms with E-state index in [1.807, 2.05) is 0 Å². The van der Waals surface area contributed by atoms with E-state index in [2.05, 4.69) is 30.9 Å². The molecule has 1 unspecified atom stereocenters. The van der Waals surface area contributed by atoms with E-state index in [9.17, 15) is 0 Å². The van der Waals surface area contributed by atoms with Gasteiger partial charge in [0.2, 0.25) is 0 Å². The van der Waals surface area contributed by atoms with E-state index in [-0.39, 0.29) is 0 Å². The van der Waals surface area contributed by atoms with Crippen molar-refractivity contribution in [3.63, 3.8) is 0 Å². The van der Waals surface area contributed by atoms with Gasteiger partial charge in [-0.2, -0.15) is 11.8 Å². The van der Waals surface area contributed by atoms with Crippen LogP contribution >= 0.6 is 11.8 Å². The fraction of sp³-hybridized carbons (Fsp3) is 1.00. The predicted octanol–water partition coefficient (Wildman–Crippen LogP) is 2.66. The monoisotopic (exact) mass is 187 g/mol. The Morgan fingerprint density at radius 1 is 1.50 bits per heavy atom.